The number of phenolic OH excluding ortho intramolecular Hbond substituents is 1. The maximum Gasteiger partial charge on any atom is 0.336 e. The van der Waals surface area contributed by atoms with Crippen LogP contribution in [0.3, 0.4) is 0 Å². The van der Waals surface area contributed by atoms with Crippen LogP contribution < -0.4 is 10.1 Å². The zero-order valence-corrected chi connectivity index (χ0v) is 20.2. The lowest BCUT2D eigenvalue weighted by atomic mass is 9.71. The fourth-order valence-corrected chi connectivity index (χ4v) is 4.89. The predicted molar refractivity (Wildman–Crippen MR) is 130 cm³/mol. The van der Waals surface area contributed by atoms with Crippen LogP contribution in [-0.4, -0.2) is 30.6 Å². The van der Waals surface area contributed by atoms with Crippen molar-refractivity contribution in [3.05, 3.63) is 81.2 Å². The highest BCUT2D eigenvalue weighted by molar-refractivity contribution is 6.30. The Bertz CT molecular complexity index is 1180. The molecule has 0 bridgehead atoms. The third-order valence-corrected chi connectivity index (χ3v) is 6.62. The normalized spacial score (nSPS) is 20.1. The van der Waals surface area contributed by atoms with Gasteiger partial charge in [0.2, 0.25) is 0 Å². The summed E-state index contributed by atoms with van der Waals surface area (Å²) in [7, 11) is 1.46. The van der Waals surface area contributed by atoms with E-state index in [4.69, 9.17) is 21.1 Å². The number of ketones is 1. The third kappa shape index (κ3) is 4.55. The molecule has 1 heterocycles. The Hall–Kier alpha value is -3.25. The summed E-state index contributed by atoms with van der Waals surface area (Å²) in [5.41, 5.74) is 4.15. The molecule has 1 aliphatic carbocycles. The summed E-state index contributed by atoms with van der Waals surface area (Å²) in [4.78, 5) is 26.7. The minimum atomic E-state index is -0.617. The van der Waals surface area contributed by atoms with Gasteiger partial charge in [-0.05, 0) is 61.1 Å². The number of hydrogen-bond acceptors (Lipinski definition) is 6. The molecule has 1 aliphatic heterocycles. The van der Waals surface area contributed by atoms with Crippen LogP contribution in [-0.2, 0) is 14.3 Å². The Labute approximate surface area is 204 Å². The molecule has 0 aromatic heterocycles. The van der Waals surface area contributed by atoms with Crippen LogP contribution in [0.1, 0.15) is 56.1 Å². The molecule has 2 aliphatic rings. The van der Waals surface area contributed by atoms with E-state index in [1.54, 1.807) is 12.1 Å². The molecule has 6 nitrogen and oxygen atoms in total. The van der Waals surface area contributed by atoms with Crippen molar-refractivity contribution in [1.29, 1.82) is 0 Å². The number of nitrogens with one attached hydrogen (secondary N) is 1. The number of aromatic hydroxyl groups is 1. The molecule has 2 N–H and O–H groups in total. The number of halogens is 1. The Morgan fingerprint density at radius 1 is 1.15 bits per heavy atom. The Morgan fingerprint density at radius 3 is 2.53 bits per heavy atom. The molecule has 0 amide bonds. The number of phenols is 1. The van der Waals surface area contributed by atoms with E-state index in [-0.39, 0.29) is 23.2 Å². The smallest absolute Gasteiger partial charge is 0.336 e. The molecule has 4 rings (SSSR count). The number of benzene rings is 2. The lowest BCUT2D eigenvalue weighted by Crippen LogP contribution is -2.36. The van der Waals surface area contributed by atoms with Crippen molar-refractivity contribution in [2.45, 2.75) is 44.9 Å². The van der Waals surface area contributed by atoms with E-state index in [1.165, 1.54) is 13.2 Å². The quantitative estimate of drug-likeness (QED) is 0.539. The van der Waals surface area contributed by atoms with Crippen LogP contribution in [0.25, 0.3) is 0 Å². The van der Waals surface area contributed by atoms with Crippen LogP contribution in [0.5, 0.6) is 11.5 Å². The van der Waals surface area contributed by atoms with Gasteiger partial charge in [0.05, 0.1) is 19.3 Å². The lowest BCUT2D eigenvalue weighted by Gasteiger charge is -2.36. The van der Waals surface area contributed by atoms with E-state index in [0.717, 1.165) is 11.3 Å². The van der Waals surface area contributed by atoms with Crippen molar-refractivity contribution in [3.8, 4) is 11.5 Å². The molecule has 2 aromatic rings. The molecule has 7 heteroatoms. The molecule has 178 valence electrons. The van der Waals surface area contributed by atoms with E-state index < -0.39 is 11.9 Å². The van der Waals surface area contributed by atoms with Crippen LogP contribution in [0, 0.1) is 0 Å². The average molecular weight is 482 g/mol. The van der Waals surface area contributed by atoms with Gasteiger partial charge < -0.3 is 19.9 Å². The van der Waals surface area contributed by atoms with Crippen LogP contribution in [0.2, 0.25) is 5.02 Å². The van der Waals surface area contributed by atoms with E-state index in [2.05, 4.69) is 5.32 Å². The standard InChI is InChI=1S/C27H28ClNO5/c1-4-11-34-27(32)24-15(2)29-20-12-18(16-5-8-19(28)9-6-16)13-22(31)26(20)25(24)17-7-10-21(30)23(14-17)33-3/h5-10,14,18,25,29-30H,4,11-13H2,1-3H3. The minimum Gasteiger partial charge on any atom is -0.504 e. The fraction of sp³-hybridized carbons (Fsp3) is 0.333. The first-order valence-electron chi connectivity index (χ1n) is 11.4. The van der Waals surface area contributed by atoms with Gasteiger partial charge in [-0.15, -0.1) is 0 Å². The van der Waals surface area contributed by atoms with Crippen molar-refractivity contribution < 1.29 is 24.2 Å². The second kappa shape index (κ2) is 9.94. The van der Waals surface area contributed by atoms with Gasteiger partial charge in [-0.1, -0.05) is 36.7 Å². The van der Waals surface area contributed by atoms with Crippen LogP contribution in [0.4, 0.5) is 0 Å². The summed E-state index contributed by atoms with van der Waals surface area (Å²) in [6.45, 7) is 4.05. The maximum absolute atomic E-state index is 13.6. The predicted octanol–water partition coefficient (Wildman–Crippen LogP) is 5.37. The molecule has 0 saturated heterocycles. The van der Waals surface area contributed by atoms with Gasteiger partial charge in [0, 0.05) is 34.3 Å². The van der Waals surface area contributed by atoms with Gasteiger partial charge >= 0.3 is 5.97 Å². The number of allylic oxidation sites excluding steroid dienone is 3. The van der Waals surface area contributed by atoms with Gasteiger partial charge in [-0.2, -0.15) is 0 Å². The molecule has 2 unspecified atom stereocenters. The topological polar surface area (TPSA) is 84.9 Å². The molecule has 0 spiro atoms. The molecule has 0 saturated carbocycles. The summed E-state index contributed by atoms with van der Waals surface area (Å²) >= 11 is 6.05. The monoisotopic (exact) mass is 481 g/mol. The number of carbonyl (C=O) groups excluding carboxylic acids is 2. The third-order valence-electron chi connectivity index (χ3n) is 6.36. The zero-order valence-electron chi connectivity index (χ0n) is 19.5. The molecule has 2 aromatic carbocycles. The fourth-order valence-electron chi connectivity index (χ4n) is 4.76. The highest BCUT2D eigenvalue weighted by atomic mass is 35.5. The first-order chi connectivity index (χ1) is 16.3. The number of methoxy groups -OCH3 is 1. The highest BCUT2D eigenvalue weighted by Crippen LogP contribution is 2.47. The summed E-state index contributed by atoms with van der Waals surface area (Å²) in [6, 6.07) is 12.5. The Kier molecular flexibility index (Phi) is 6.98. The largest absolute Gasteiger partial charge is 0.504 e. The number of carbonyl (C=O) groups is 2. The molecular weight excluding hydrogens is 454 g/mol. The van der Waals surface area contributed by atoms with Crippen molar-refractivity contribution >= 4 is 23.4 Å². The molecule has 34 heavy (non-hydrogen) atoms. The summed E-state index contributed by atoms with van der Waals surface area (Å²) in [5, 5.41) is 14.1. The summed E-state index contributed by atoms with van der Waals surface area (Å²) in [6.07, 6.45) is 1.64. The second-order valence-electron chi connectivity index (χ2n) is 8.64. The number of rotatable bonds is 6. The minimum absolute atomic E-state index is 0.00686. The van der Waals surface area contributed by atoms with Crippen molar-refractivity contribution in [3.63, 3.8) is 0 Å². The number of ether oxygens (including phenoxy) is 2. The van der Waals surface area contributed by atoms with Gasteiger partial charge in [-0.3, -0.25) is 4.79 Å². The van der Waals surface area contributed by atoms with Crippen molar-refractivity contribution in [1.82, 2.24) is 5.32 Å². The molecule has 2 atom stereocenters. The van der Waals surface area contributed by atoms with E-state index in [9.17, 15) is 14.7 Å². The van der Waals surface area contributed by atoms with Gasteiger partial charge in [0.15, 0.2) is 17.3 Å². The summed E-state index contributed by atoms with van der Waals surface area (Å²) < 4.78 is 10.8. The summed E-state index contributed by atoms with van der Waals surface area (Å²) in [5.74, 6) is -0.828. The second-order valence-corrected chi connectivity index (χ2v) is 9.07. The average Bonchev–Trinajstić information content (AvgIpc) is 2.82. The number of dihydropyridines is 1. The van der Waals surface area contributed by atoms with E-state index in [1.807, 2.05) is 38.1 Å². The Balaban J connectivity index is 1.80. The van der Waals surface area contributed by atoms with Crippen LogP contribution >= 0.6 is 11.6 Å². The number of esters is 1. The van der Waals surface area contributed by atoms with Crippen LogP contribution in [0.15, 0.2) is 65.0 Å². The Morgan fingerprint density at radius 2 is 1.85 bits per heavy atom. The van der Waals surface area contributed by atoms with Gasteiger partial charge in [-0.25, -0.2) is 4.79 Å². The number of Topliss-reactive ketones (excluding diaryl/α,β-unsaturated/α-hetero) is 1. The number of hydrogen-bond donors (Lipinski definition) is 2. The first-order valence-corrected chi connectivity index (χ1v) is 11.7. The highest BCUT2D eigenvalue weighted by Gasteiger charge is 2.41. The molecule has 0 radical (unpaired) electrons. The van der Waals surface area contributed by atoms with Gasteiger partial charge in [0.1, 0.15) is 0 Å². The first kappa shape index (κ1) is 23.9. The van der Waals surface area contributed by atoms with Gasteiger partial charge in [0.25, 0.3) is 0 Å². The zero-order chi connectivity index (χ0) is 24.4. The lowest BCUT2D eigenvalue weighted by molar-refractivity contribution is -0.139. The van der Waals surface area contributed by atoms with E-state index >= 15 is 0 Å². The maximum atomic E-state index is 13.6. The SMILES string of the molecule is CCCOC(=O)C1=C(C)NC2=C(C(=O)CC(c3ccc(Cl)cc3)C2)C1c1ccc(O)c(OC)c1. The van der Waals surface area contributed by atoms with Crippen molar-refractivity contribution in [2.75, 3.05) is 13.7 Å². The molecular formula is C27H28ClNO5. The van der Waals surface area contributed by atoms with Crippen molar-refractivity contribution in [2.24, 2.45) is 0 Å². The van der Waals surface area contributed by atoms with E-state index in [0.29, 0.717) is 53.3 Å². The molecule has 0 fully saturated rings.